The molecular formula is HKN4NaO3+. The van der Waals surface area contributed by atoms with Crippen molar-refractivity contribution in [1.82, 2.24) is 0 Å². The molecule has 9 heteroatoms. The maximum absolute atomic E-state index is 8.36. The van der Waals surface area contributed by atoms with Gasteiger partial charge in [-0.25, -0.2) is 0 Å². The molecule has 0 fully saturated rings. The minimum absolute atomic E-state index is 0. The fourth-order valence-electron chi connectivity index (χ4n) is 0. The monoisotopic (exact) mass is 167 g/mol. The standard InChI is InChI=1S/K.N3.HNO3.Na/c;1-3-2;2-1(3)4;/h;;(H,2,3,4);/q+1;-1;;+1. The average Bonchev–Trinajstić information content (AvgIpc) is 1.33. The molecule has 0 aromatic rings. The van der Waals surface area contributed by atoms with Crippen LogP contribution in [0.5, 0.6) is 0 Å². The maximum Gasteiger partial charge on any atom is 1.00 e. The predicted molar refractivity (Wildman–Crippen MR) is 18.9 cm³/mol. The molecule has 40 valence electrons. The summed E-state index contributed by atoms with van der Waals surface area (Å²) < 4.78 is 0. The fraction of sp³-hybridized carbons (Fsp3) is 0. The van der Waals surface area contributed by atoms with E-state index < -0.39 is 5.09 Å². The van der Waals surface area contributed by atoms with E-state index in [-0.39, 0.29) is 80.9 Å². The van der Waals surface area contributed by atoms with Crippen LogP contribution in [-0.2, 0) is 0 Å². The van der Waals surface area contributed by atoms with Gasteiger partial charge in [0.05, 0.1) is 0 Å². The smallest absolute Gasteiger partial charge is 0.373 e. The summed E-state index contributed by atoms with van der Waals surface area (Å²) in [6.45, 7) is 0. The molecular weight excluding hydrogens is 166 g/mol. The zero-order valence-corrected chi connectivity index (χ0v) is 10.2. The van der Waals surface area contributed by atoms with Gasteiger partial charge >= 0.3 is 80.9 Å². The summed E-state index contributed by atoms with van der Waals surface area (Å²) in [5.74, 6) is 0. The number of hydrogen-bond donors (Lipinski definition) is 1. The Kier molecular flexibility index (Phi) is 57.2. The zero-order valence-electron chi connectivity index (χ0n) is 5.05. The molecule has 0 aromatic carbocycles. The minimum Gasteiger partial charge on any atom is -0.373 e. The van der Waals surface area contributed by atoms with Crippen molar-refractivity contribution in [2.75, 3.05) is 0 Å². The van der Waals surface area contributed by atoms with E-state index in [1.807, 2.05) is 0 Å². The van der Waals surface area contributed by atoms with Crippen molar-refractivity contribution in [3.63, 3.8) is 0 Å². The van der Waals surface area contributed by atoms with Crippen LogP contribution >= 0.6 is 0 Å². The zero-order chi connectivity index (χ0) is 6.28. The molecule has 0 unspecified atom stereocenters. The average molecular weight is 167 g/mol. The Morgan fingerprint density at radius 3 is 1.56 bits per heavy atom. The summed E-state index contributed by atoms with van der Waals surface area (Å²) in [6, 6.07) is 0. The quantitative estimate of drug-likeness (QED) is 0.0966. The number of rotatable bonds is 0. The van der Waals surface area contributed by atoms with Gasteiger partial charge in [-0.2, -0.15) is 0 Å². The van der Waals surface area contributed by atoms with Gasteiger partial charge in [0.25, 0.3) is 5.09 Å². The van der Waals surface area contributed by atoms with Crippen molar-refractivity contribution >= 4 is 0 Å². The van der Waals surface area contributed by atoms with Gasteiger partial charge in [-0.15, -0.1) is 10.1 Å². The first-order valence-corrected chi connectivity index (χ1v) is 0.965. The van der Waals surface area contributed by atoms with Gasteiger partial charge in [-0.1, -0.05) is 0 Å². The van der Waals surface area contributed by atoms with E-state index in [0.29, 0.717) is 0 Å². The molecule has 0 aliphatic rings. The maximum atomic E-state index is 8.36. The third kappa shape index (κ3) is 355. The normalized spacial score (nSPS) is 3.56. The van der Waals surface area contributed by atoms with Crippen molar-refractivity contribution in [3.05, 3.63) is 26.1 Å². The third-order valence-corrected chi connectivity index (χ3v) is 0. The molecule has 0 rings (SSSR count). The number of hydrogen-bond acceptors (Lipinski definition) is 2. The molecule has 0 aromatic heterocycles. The summed E-state index contributed by atoms with van der Waals surface area (Å²) in [6.07, 6.45) is 0. The van der Waals surface area contributed by atoms with Crippen molar-refractivity contribution in [1.29, 1.82) is 0 Å². The van der Waals surface area contributed by atoms with Crippen LogP contribution in [0.2, 0.25) is 0 Å². The van der Waals surface area contributed by atoms with Gasteiger partial charge in [0.15, 0.2) is 0 Å². The van der Waals surface area contributed by atoms with Gasteiger partial charge in [0, 0.05) is 0 Å². The summed E-state index contributed by atoms with van der Waals surface area (Å²) >= 11 is 0. The molecule has 0 radical (unpaired) electrons. The molecule has 1 N–H and O–H groups in total. The van der Waals surface area contributed by atoms with Crippen LogP contribution in [0.3, 0.4) is 0 Å². The van der Waals surface area contributed by atoms with Crippen LogP contribution in [0.4, 0.5) is 0 Å². The molecule has 0 spiro atoms. The van der Waals surface area contributed by atoms with Crippen LogP contribution < -0.4 is 80.9 Å². The number of nitrogens with zero attached hydrogens (tertiary/aromatic N) is 4. The second-order valence-corrected chi connectivity index (χ2v) is 0.327. The summed E-state index contributed by atoms with van der Waals surface area (Å²) in [4.78, 5) is 9.86. The molecule has 0 aliphatic heterocycles. The Balaban J connectivity index is -0.0000000233. The third-order valence-electron chi connectivity index (χ3n) is 0. The van der Waals surface area contributed by atoms with Gasteiger partial charge in [-0.3, -0.25) is 4.91 Å². The van der Waals surface area contributed by atoms with Crippen molar-refractivity contribution in [3.8, 4) is 0 Å². The van der Waals surface area contributed by atoms with Crippen LogP contribution in [-0.4, -0.2) is 10.3 Å². The molecule has 9 heavy (non-hydrogen) atoms. The van der Waals surface area contributed by atoms with Gasteiger partial charge in [0.2, 0.25) is 0 Å². The van der Waals surface area contributed by atoms with E-state index in [4.69, 9.17) is 26.4 Å². The molecule has 0 heterocycles. The van der Waals surface area contributed by atoms with Crippen LogP contribution in [0.15, 0.2) is 0 Å². The van der Waals surface area contributed by atoms with Gasteiger partial charge in [0.1, 0.15) is 0 Å². The topological polar surface area (TPSA) is 122 Å². The van der Waals surface area contributed by atoms with Crippen molar-refractivity contribution < 1.29 is 91.2 Å². The first-order chi connectivity index (χ1) is 3.15. The molecule has 0 aliphatic carbocycles. The minimum atomic E-state index is -1.50. The van der Waals surface area contributed by atoms with Crippen molar-refractivity contribution in [2.24, 2.45) is 0 Å². The molecule has 0 saturated heterocycles. The Morgan fingerprint density at radius 1 is 1.56 bits per heavy atom. The van der Waals surface area contributed by atoms with Crippen LogP contribution in [0.1, 0.15) is 0 Å². The second-order valence-electron chi connectivity index (χ2n) is 0.327. The summed E-state index contributed by atoms with van der Waals surface area (Å²) in [7, 11) is 0. The summed E-state index contributed by atoms with van der Waals surface area (Å²) in [5.41, 5.74) is 13.5. The van der Waals surface area contributed by atoms with E-state index in [1.165, 1.54) is 4.91 Å². The van der Waals surface area contributed by atoms with E-state index in [9.17, 15) is 0 Å². The Morgan fingerprint density at radius 2 is 1.56 bits per heavy atom. The van der Waals surface area contributed by atoms with E-state index in [0.717, 1.165) is 0 Å². The Hall–Kier alpha value is 1.15. The van der Waals surface area contributed by atoms with Crippen molar-refractivity contribution in [2.45, 2.75) is 0 Å². The largest absolute Gasteiger partial charge is 1.00 e. The Bertz CT molecular complexity index is 83.8. The predicted octanol–water partition coefficient (Wildman–Crippen LogP) is -5.47. The molecule has 0 bridgehead atoms. The Labute approximate surface area is 115 Å². The van der Waals surface area contributed by atoms with Crippen LogP contribution in [0.25, 0.3) is 16.0 Å². The van der Waals surface area contributed by atoms with Crippen LogP contribution in [0, 0.1) is 10.1 Å². The van der Waals surface area contributed by atoms with Gasteiger partial charge < -0.3 is 16.3 Å². The van der Waals surface area contributed by atoms with E-state index >= 15 is 0 Å². The molecule has 0 saturated carbocycles. The molecule has 7 nitrogen and oxygen atoms in total. The first kappa shape index (κ1) is 22.5. The molecule has 0 atom stereocenters. The molecule has 0 amide bonds. The summed E-state index contributed by atoms with van der Waals surface area (Å²) in [5, 5.41) is 13.6. The first-order valence-electron chi connectivity index (χ1n) is 0.965. The fourth-order valence-corrected chi connectivity index (χ4v) is 0. The van der Waals surface area contributed by atoms with E-state index in [2.05, 4.69) is 0 Å². The van der Waals surface area contributed by atoms with Gasteiger partial charge in [-0.05, 0) is 0 Å². The van der Waals surface area contributed by atoms with E-state index in [1.54, 1.807) is 0 Å². The SMILES string of the molecule is O=[N+]([O-])O.[K+].[N-]=[N+]=[N-].[Na+]. The second kappa shape index (κ2) is 22.9.